The van der Waals surface area contributed by atoms with E-state index < -0.39 is 0 Å². The van der Waals surface area contributed by atoms with Gasteiger partial charge in [0.15, 0.2) is 11.0 Å². The number of nitrogens with one attached hydrogen (secondary N) is 1. The number of anilines is 1. The second-order valence-electron chi connectivity index (χ2n) is 6.63. The van der Waals surface area contributed by atoms with Gasteiger partial charge in [-0.15, -0.1) is 10.2 Å². The van der Waals surface area contributed by atoms with Crippen LogP contribution in [-0.2, 0) is 16.1 Å². The SMILES string of the molecule is O=C(CSc1nnc(-c2ccncc2)n1CC1CCCO1)Nc1cccc(Cl)c1. The van der Waals surface area contributed by atoms with Crippen molar-refractivity contribution in [2.45, 2.75) is 30.6 Å². The zero-order valence-corrected chi connectivity index (χ0v) is 17.2. The van der Waals surface area contributed by atoms with E-state index >= 15 is 0 Å². The number of thioether (sulfide) groups is 1. The van der Waals surface area contributed by atoms with E-state index in [-0.39, 0.29) is 17.8 Å². The number of carbonyl (C=O) groups excluding carboxylic acids is 1. The molecule has 0 bridgehead atoms. The quantitative estimate of drug-likeness (QED) is 0.573. The standard InChI is InChI=1S/C20H20ClN5O2S/c21-15-3-1-4-16(11-15)23-18(27)13-29-20-25-24-19(14-6-8-22-9-7-14)26(20)12-17-5-2-10-28-17/h1,3-4,6-9,11,17H,2,5,10,12-13H2,(H,23,27). The van der Waals surface area contributed by atoms with Crippen LogP contribution in [-0.4, -0.2) is 44.1 Å². The Morgan fingerprint density at radius 2 is 2.14 bits per heavy atom. The van der Waals surface area contributed by atoms with Crippen molar-refractivity contribution in [1.82, 2.24) is 19.7 Å². The fourth-order valence-corrected chi connectivity index (χ4v) is 4.10. The van der Waals surface area contributed by atoms with Crippen LogP contribution in [0.5, 0.6) is 0 Å². The Morgan fingerprint density at radius 1 is 1.28 bits per heavy atom. The molecule has 1 amide bonds. The van der Waals surface area contributed by atoms with Crippen molar-refractivity contribution in [3.63, 3.8) is 0 Å². The minimum absolute atomic E-state index is 0.130. The fourth-order valence-electron chi connectivity index (χ4n) is 3.16. The highest BCUT2D eigenvalue weighted by atomic mass is 35.5. The van der Waals surface area contributed by atoms with Crippen LogP contribution < -0.4 is 5.32 Å². The molecule has 4 rings (SSSR count). The highest BCUT2D eigenvalue weighted by Gasteiger charge is 2.22. The largest absolute Gasteiger partial charge is 0.376 e. The van der Waals surface area contributed by atoms with E-state index in [0.717, 1.165) is 30.8 Å². The Bertz CT molecular complexity index is 976. The van der Waals surface area contributed by atoms with Crippen LogP contribution >= 0.6 is 23.4 Å². The highest BCUT2D eigenvalue weighted by molar-refractivity contribution is 7.99. The number of benzene rings is 1. The van der Waals surface area contributed by atoms with Crippen molar-refractivity contribution in [2.75, 3.05) is 17.7 Å². The number of ether oxygens (including phenoxy) is 1. The van der Waals surface area contributed by atoms with E-state index in [4.69, 9.17) is 16.3 Å². The minimum Gasteiger partial charge on any atom is -0.376 e. The zero-order chi connectivity index (χ0) is 20.1. The summed E-state index contributed by atoms with van der Waals surface area (Å²) in [7, 11) is 0. The van der Waals surface area contributed by atoms with Gasteiger partial charge < -0.3 is 10.1 Å². The Balaban J connectivity index is 1.48. The molecule has 3 heterocycles. The molecule has 0 radical (unpaired) electrons. The van der Waals surface area contributed by atoms with E-state index in [1.807, 2.05) is 16.7 Å². The summed E-state index contributed by atoms with van der Waals surface area (Å²) in [5.74, 6) is 0.835. The maximum Gasteiger partial charge on any atom is 0.234 e. The van der Waals surface area contributed by atoms with Crippen LogP contribution in [0.15, 0.2) is 53.9 Å². The summed E-state index contributed by atoms with van der Waals surface area (Å²) < 4.78 is 7.83. The smallest absolute Gasteiger partial charge is 0.234 e. The highest BCUT2D eigenvalue weighted by Crippen LogP contribution is 2.26. The van der Waals surface area contributed by atoms with Crippen LogP contribution in [0.2, 0.25) is 5.02 Å². The monoisotopic (exact) mass is 429 g/mol. The molecular weight excluding hydrogens is 410 g/mol. The van der Waals surface area contributed by atoms with Gasteiger partial charge in [-0.1, -0.05) is 29.4 Å². The molecule has 1 saturated heterocycles. The Kier molecular flexibility index (Phi) is 6.43. The van der Waals surface area contributed by atoms with Crippen molar-refractivity contribution < 1.29 is 9.53 Å². The van der Waals surface area contributed by atoms with Crippen molar-refractivity contribution in [3.05, 3.63) is 53.8 Å². The van der Waals surface area contributed by atoms with Crippen LogP contribution in [0.4, 0.5) is 5.69 Å². The predicted octanol–water partition coefficient (Wildman–Crippen LogP) is 3.90. The van der Waals surface area contributed by atoms with Gasteiger partial charge in [0.1, 0.15) is 0 Å². The first-order valence-corrected chi connectivity index (χ1v) is 10.7. The number of halogens is 1. The zero-order valence-electron chi connectivity index (χ0n) is 15.6. The molecule has 1 aliphatic rings. The summed E-state index contributed by atoms with van der Waals surface area (Å²) in [6, 6.07) is 10.9. The Labute approximate surface area is 177 Å². The van der Waals surface area contributed by atoms with Crippen LogP contribution in [0.25, 0.3) is 11.4 Å². The average Bonchev–Trinajstić information content (AvgIpc) is 3.38. The summed E-state index contributed by atoms with van der Waals surface area (Å²) in [5, 5.41) is 12.8. The Morgan fingerprint density at radius 3 is 2.90 bits per heavy atom. The van der Waals surface area contributed by atoms with Gasteiger partial charge in [-0.05, 0) is 43.2 Å². The van der Waals surface area contributed by atoms with Gasteiger partial charge in [-0.25, -0.2) is 0 Å². The summed E-state index contributed by atoms with van der Waals surface area (Å²) in [6.45, 7) is 1.44. The van der Waals surface area contributed by atoms with E-state index in [9.17, 15) is 4.79 Å². The normalized spacial score (nSPS) is 16.1. The lowest BCUT2D eigenvalue weighted by molar-refractivity contribution is -0.113. The van der Waals surface area contributed by atoms with Crippen molar-refractivity contribution >= 4 is 35.0 Å². The third-order valence-electron chi connectivity index (χ3n) is 4.51. The molecule has 1 fully saturated rings. The molecule has 29 heavy (non-hydrogen) atoms. The number of hydrogen-bond donors (Lipinski definition) is 1. The summed E-state index contributed by atoms with van der Waals surface area (Å²) >= 11 is 7.32. The van der Waals surface area contributed by atoms with Gasteiger partial charge in [-0.2, -0.15) is 0 Å². The van der Waals surface area contributed by atoms with Gasteiger partial charge in [-0.3, -0.25) is 14.3 Å². The predicted molar refractivity (Wildman–Crippen MR) is 113 cm³/mol. The number of hydrogen-bond acceptors (Lipinski definition) is 6. The van der Waals surface area contributed by atoms with Crippen molar-refractivity contribution in [2.24, 2.45) is 0 Å². The van der Waals surface area contributed by atoms with Gasteiger partial charge in [0.25, 0.3) is 0 Å². The maximum atomic E-state index is 12.4. The van der Waals surface area contributed by atoms with Gasteiger partial charge in [0.05, 0.1) is 18.4 Å². The molecule has 0 spiro atoms. The fraction of sp³-hybridized carbons (Fsp3) is 0.300. The molecular formula is C20H20ClN5O2S. The summed E-state index contributed by atoms with van der Waals surface area (Å²) in [5.41, 5.74) is 1.60. The molecule has 1 N–H and O–H groups in total. The molecule has 1 aliphatic heterocycles. The molecule has 150 valence electrons. The Hall–Kier alpha value is -2.42. The van der Waals surface area contributed by atoms with E-state index in [1.165, 1.54) is 11.8 Å². The molecule has 9 heteroatoms. The van der Waals surface area contributed by atoms with Crippen LogP contribution in [0.1, 0.15) is 12.8 Å². The summed E-state index contributed by atoms with van der Waals surface area (Å²) in [4.78, 5) is 16.4. The van der Waals surface area contributed by atoms with Crippen LogP contribution in [0, 0.1) is 0 Å². The molecule has 2 aromatic heterocycles. The topological polar surface area (TPSA) is 81.9 Å². The van der Waals surface area contributed by atoms with Crippen molar-refractivity contribution in [1.29, 1.82) is 0 Å². The third kappa shape index (κ3) is 5.14. The number of nitrogens with zero attached hydrogens (tertiary/aromatic N) is 4. The second kappa shape index (κ2) is 9.39. The van der Waals surface area contributed by atoms with E-state index in [2.05, 4.69) is 20.5 Å². The number of rotatable bonds is 7. The number of pyridine rings is 1. The third-order valence-corrected chi connectivity index (χ3v) is 5.71. The first kappa shape index (κ1) is 19.9. The molecule has 7 nitrogen and oxygen atoms in total. The lowest BCUT2D eigenvalue weighted by atomic mass is 10.2. The number of carbonyl (C=O) groups is 1. The molecule has 0 saturated carbocycles. The molecule has 1 aromatic carbocycles. The van der Waals surface area contributed by atoms with Gasteiger partial charge in [0, 0.05) is 35.3 Å². The lowest BCUT2D eigenvalue weighted by Crippen LogP contribution is -2.18. The molecule has 1 unspecified atom stereocenters. The maximum absolute atomic E-state index is 12.4. The molecule has 1 atom stereocenters. The van der Waals surface area contributed by atoms with Gasteiger partial charge in [0.2, 0.25) is 5.91 Å². The van der Waals surface area contributed by atoms with E-state index in [0.29, 0.717) is 22.4 Å². The average molecular weight is 430 g/mol. The van der Waals surface area contributed by atoms with Gasteiger partial charge >= 0.3 is 0 Å². The second-order valence-corrected chi connectivity index (χ2v) is 8.01. The minimum atomic E-state index is -0.130. The number of amides is 1. The van der Waals surface area contributed by atoms with Crippen LogP contribution in [0.3, 0.4) is 0 Å². The van der Waals surface area contributed by atoms with E-state index in [1.54, 1.807) is 36.7 Å². The molecule has 3 aromatic rings. The molecule has 0 aliphatic carbocycles. The number of aromatic nitrogens is 4. The van der Waals surface area contributed by atoms with Crippen molar-refractivity contribution in [3.8, 4) is 11.4 Å². The lowest BCUT2D eigenvalue weighted by Gasteiger charge is -2.14. The summed E-state index contributed by atoms with van der Waals surface area (Å²) in [6.07, 6.45) is 5.65. The first-order chi connectivity index (χ1) is 14.2. The first-order valence-electron chi connectivity index (χ1n) is 9.32.